The molecule has 0 amide bonds. The highest BCUT2D eigenvalue weighted by atomic mass is 16.7. The molecule has 0 N–H and O–H groups in total. The minimum absolute atomic E-state index is 0.0245. The Kier molecular flexibility index (Phi) is 7.44. The Labute approximate surface area is 191 Å². The van der Waals surface area contributed by atoms with Gasteiger partial charge in [-0.1, -0.05) is 13.0 Å². The highest BCUT2D eigenvalue weighted by Crippen LogP contribution is 2.63. The van der Waals surface area contributed by atoms with Crippen molar-refractivity contribution >= 4 is 0 Å². The molecule has 0 saturated heterocycles. The second kappa shape index (κ2) is 10.1. The van der Waals surface area contributed by atoms with Crippen LogP contribution in [0.5, 0.6) is 5.75 Å². The van der Waals surface area contributed by atoms with Gasteiger partial charge in [-0.3, -0.25) is 0 Å². The molecule has 4 rings (SSSR count). The fourth-order valence-electron chi connectivity index (χ4n) is 6.76. The smallest absolute Gasteiger partial charge is 0.188 e. The topological polar surface area (TPSA) is 55.4 Å². The van der Waals surface area contributed by atoms with Gasteiger partial charge in [0, 0.05) is 38.6 Å². The quantitative estimate of drug-likeness (QED) is 0.424. The molecule has 0 heterocycles. The van der Waals surface area contributed by atoms with Crippen molar-refractivity contribution in [3.8, 4) is 18.1 Å². The number of hydrogen-bond acceptors (Lipinski definition) is 6. The first-order valence-corrected chi connectivity index (χ1v) is 11.5. The van der Waals surface area contributed by atoms with Gasteiger partial charge in [-0.2, -0.15) is 0 Å². The lowest BCUT2D eigenvalue weighted by Crippen LogP contribution is -2.49. The van der Waals surface area contributed by atoms with Gasteiger partial charge in [0.05, 0.1) is 12.2 Å². The minimum Gasteiger partial charge on any atom is -0.468 e. The number of methoxy groups -OCH3 is 3. The minimum atomic E-state index is -0.0642. The summed E-state index contributed by atoms with van der Waals surface area (Å²) in [6.45, 7) is 3.11. The predicted octanol–water partition coefficient (Wildman–Crippen LogP) is 3.97. The molecule has 1 unspecified atom stereocenters. The molecular weight excluding hydrogens is 408 g/mol. The normalized spacial score (nSPS) is 35.5. The molecule has 0 radical (unpaired) electrons. The summed E-state index contributed by atoms with van der Waals surface area (Å²) in [5, 5.41) is 0. The standard InChI is InChI=1S/C26H36O6/c1-6-17-13-26(2)22(12-23(31-15-28-4)25(26)32-16-29-5)21-9-7-18-11-19(30-14-27-3)8-10-20(18)24(17)21/h1,8,10-11,17,21-25H,7,9,12-16H2,2-5H3/t17?,21-,22-,23+,24+,25-,26-/m0/s1. The summed E-state index contributed by atoms with van der Waals surface area (Å²) < 4.78 is 33.5. The van der Waals surface area contributed by atoms with Crippen LogP contribution in [-0.2, 0) is 30.1 Å². The lowest BCUT2D eigenvalue weighted by molar-refractivity contribution is -0.177. The monoisotopic (exact) mass is 444 g/mol. The van der Waals surface area contributed by atoms with Crippen LogP contribution in [0.25, 0.3) is 0 Å². The van der Waals surface area contributed by atoms with E-state index in [2.05, 4.69) is 25.0 Å². The average Bonchev–Trinajstić information content (AvgIpc) is 3.09. The lowest BCUT2D eigenvalue weighted by atomic mass is 9.52. The molecule has 2 saturated carbocycles. The van der Waals surface area contributed by atoms with Crippen molar-refractivity contribution < 1.29 is 28.4 Å². The number of hydrogen-bond donors (Lipinski definition) is 0. The highest BCUT2D eigenvalue weighted by Gasteiger charge is 2.61. The van der Waals surface area contributed by atoms with Gasteiger partial charge in [-0.15, -0.1) is 12.3 Å². The molecule has 0 aromatic heterocycles. The molecule has 1 aromatic carbocycles. The average molecular weight is 445 g/mol. The van der Waals surface area contributed by atoms with Gasteiger partial charge in [0.2, 0.25) is 0 Å². The molecular formula is C26H36O6. The van der Waals surface area contributed by atoms with Crippen LogP contribution in [0.2, 0.25) is 0 Å². The molecule has 6 nitrogen and oxygen atoms in total. The van der Waals surface area contributed by atoms with Crippen LogP contribution in [0.15, 0.2) is 18.2 Å². The number of ether oxygens (including phenoxy) is 6. The number of fused-ring (bicyclic) bond motifs is 5. The van der Waals surface area contributed by atoms with E-state index >= 15 is 0 Å². The third kappa shape index (κ3) is 4.18. The highest BCUT2D eigenvalue weighted by molar-refractivity contribution is 5.42. The van der Waals surface area contributed by atoms with E-state index in [-0.39, 0.29) is 43.9 Å². The number of rotatable bonds is 9. The van der Waals surface area contributed by atoms with Crippen LogP contribution in [0, 0.1) is 35.5 Å². The number of benzene rings is 1. The van der Waals surface area contributed by atoms with Crippen LogP contribution in [0.1, 0.15) is 43.2 Å². The molecule has 176 valence electrons. The zero-order valence-electron chi connectivity index (χ0n) is 19.7. The molecule has 0 spiro atoms. The second-order valence-corrected chi connectivity index (χ2v) is 9.57. The zero-order valence-corrected chi connectivity index (χ0v) is 19.7. The van der Waals surface area contributed by atoms with E-state index in [1.165, 1.54) is 11.1 Å². The van der Waals surface area contributed by atoms with E-state index in [0.717, 1.165) is 31.4 Å². The van der Waals surface area contributed by atoms with Gasteiger partial charge >= 0.3 is 0 Å². The van der Waals surface area contributed by atoms with Gasteiger partial charge in [0.1, 0.15) is 19.3 Å². The van der Waals surface area contributed by atoms with E-state index in [4.69, 9.17) is 34.8 Å². The van der Waals surface area contributed by atoms with Crippen molar-refractivity contribution in [1.29, 1.82) is 0 Å². The van der Waals surface area contributed by atoms with Crippen LogP contribution in [0.4, 0.5) is 0 Å². The largest absolute Gasteiger partial charge is 0.468 e. The van der Waals surface area contributed by atoms with Crippen LogP contribution in [0.3, 0.4) is 0 Å². The Hall–Kier alpha value is -1.62. The summed E-state index contributed by atoms with van der Waals surface area (Å²) in [7, 11) is 4.94. The molecule has 0 bridgehead atoms. The third-order valence-corrected chi connectivity index (χ3v) is 7.94. The van der Waals surface area contributed by atoms with E-state index < -0.39 is 0 Å². The Morgan fingerprint density at radius 2 is 1.81 bits per heavy atom. The fraction of sp³-hybridized carbons (Fsp3) is 0.692. The van der Waals surface area contributed by atoms with Gasteiger partial charge in [-0.25, -0.2) is 0 Å². The Balaban J connectivity index is 1.65. The molecule has 6 heteroatoms. The Morgan fingerprint density at radius 3 is 2.53 bits per heavy atom. The molecule has 3 aliphatic carbocycles. The van der Waals surface area contributed by atoms with E-state index in [9.17, 15) is 0 Å². The first kappa shape index (κ1) is 23.5. The fourth-order valence-corrected chi connectivity index (χ4v) is 6.76. The molecule has 2 fully saturated rings. The first-order valence-electron chi connectivity index (χ1n) is 11.5. The first-order chi connectivity index (χ1) is 15.6. The summed E-state index contributed by atoms with van der Waals surface area (Å²) in [5.74, 6) is 5.48. The third-order valence-electron chi connectivity index (χ3n) is 7.94. The Morgan fingerprint density at radius 1 is 1.06 bits per heavy atom. The molecule has 7 atom stereocenters. The summed E-state index contributed by atoms with van der Waals surface area (Å²) in [4.78, 5) is 0. The molecule has 3 aliphatic rings. The zero-order chi connectivity index (χ0) is 22.7. The summed E-state index contributed by atoms with van der Waals surface area (Å²) in [6.07, 6.45) is 10.1. The van der Waals surface area contributed by atoms with Gasteiger partial charge in [-0.05, 0) is 60.8 Å². The maximum Gasteiger partial charge on any atom is 0.188 e. The van der Waals surface area contributed by atoms with Crippen molar-refractivity contribution in [3.63, 3.8) is 0 Å². The van der Waals surface area contributed by atoms with Crippen LogP contribution >= 0.6 is 0 Å². The molecule has 1 aromatic rings. The predicted molar refractivity (Wildman–Crippen MR) is 120 cm³/mol. The van der Waals surface area contributed by atoms with Crippen LogP contribution in [-0.4, -0.2) is 53.9 Å². The number of aryl methyl sites for hydroxylation is 1. The van der Waals surface area contributed by atoms with Gasteiger partial charge in [0.15, 0.2) is 6.79 Å². The van der Waals surface area contributed by atoms with E-state index in [1.54, 1.807) is 21.3 Å². The summed E-state index contributed by atoms with van der Waals surface area (Å²) in [6, 6.07) is 6.43. The van der Waals surface area contributed by atoms with E-state index in [1.807, 2.05) is 6.07 Å². The maximum absolute atomic E-state index is 6.23. The molecule has 32 heavy (non-hydrogen) atoms. The van der Waals surface area contributed by atoms with Crippen molar-refractivity contribution in [1.82, 2.24) is 0 Å². The van der Waals surface area contributed by atoms with Crippen molar-refractivity contribution in [2.45, 2.75) is 50.7 Å². The van der Waals surface area contributed by atoms with Crippen molar-refractivity contribution in [3.05, 3.63) is 29.3 Å². The van der Waals surface area contributed by atoms with Gasteiger partial charge in [0.25, 0.3) is 0 Å². The molecule has 0 aliphatic heterocycles. The second-order valence-electron chi connectivity index (χ2n) is 9.57. The number of terminal acetylenes is 1. The SMILES string of the molecule is C#CC1C[C@@]2(C)[C@@H](C[C@@H](OCOC)[C@@H]2OCOC)[C@@H]2CCc3cc(OCOC)ccc3[C@@H]12. The lowest BCUT2D eigenvalue weighted by Gasteiger charge is -2.52. The van der Waals surface area contributed by atoms with Gasteiger partial charge < -0.3 is 28.4 Å². The van der Waals surface area contributed by atoms with Crippen LogP contribution < -0.4 is 4.74 Å². The van der Waals surface area contributed by atoms with E-state index in [0.29, 0.717) is 17.8 Å². The van der Waals surface area contributed by atoms with Crippen molar-refractivity contribution in [2.75, 3.05) is 41.7 Å². The maximum atomic E-state index is 6.23. The Bertz CT molecular complexity index is 819. The summed E-state index contributed by atoms with van der Waals surface area (Å²) >= 11 is 0. The van der Waals surface area contributed by atoms with Crippen molar-refractivity contribution in [2.24, 2.45) is 23.2 Å². The summed E-state index contributed by atoms with van der Waals surface area (Å²) in [5.41, 5.74) is 2.67.